The summed E-state index contributed by atoms with van der Waals surface area (Å²) in [5.74, 6) is -0.694. The van der Waals surface area contributed by atoms with Crippen LogP contribution in [0.3, 0.4) is 0 Å². The van der Waals surface area contributed by atoms with Crippen LogP contribution in [0.4, 0.5) is 0 Å². The van der Waals surface area contributed by atoms with Gasteiger partial charge >= 0.3 is 5.97 Å². The van der Waals surface area contributed by atoms with E-state index in [1.54, 1.807) is 18.2 Å². The van der Waals surface area contributed by atoms with E-state index in [9.17, 15) is 4.79 Å². The quantitative estimate of drug-likeness (QED) is 0.573. The van der Waals surface area contributed by atoms with Crippen LogP contribution >= 0.6 is 22.6 Å². The van der Waals surface area contributed by atoms with Gasteiger partial charge in [0, 0.05) is 3.57 Å². The second-order valence-electron chi connectivity index (χ2n) is 3.13. The van der Waals surface area contributed by atoms with E-state index in [0.29, 0.717) is 12.4 Å². The Bertz CT molecular complexity index is 380. The van der Waals surface area contributed by atoms with Crippen molar-refractivity contribution < 1.29 is 24.5 Å². The lowest BCUT2D eigenvalue weighted by molar-refractivity contribution is 0.0656. The second kappa shape index (κ2) is 7.46. The number of aromatic carboxylic acids is 1. The normalized spacial score (nSPS) is 10.2. The van der Waals surface area contributed by atoms with Gasteiger partial charge < -0.3 is 19.7 Å². The minimum Gasteiger partial charge on any atom is -0.490 e. The summed E-state index contributed by atoms with van der Waals surface area (Å²) in [6.07, 6.45) is 0. The van der Waals surface area contributed by atoms with Crippen LogP contribution in [0.25, 0.3) is 0 Å². The van der Waals surface area contributed by atoms with Gasteiger partial charge in [0.05, 0.1) is 19.8 Å². The largest absolute Gasteiger partial charge is 0.490 e. The number of carbonyl (C=O) groups is 1. The fraction of sp³-hybridized carbons (Fsp3) is 0.364. The summed E-state index contributed by atoms with van der Waals surface area (Å²) in [6.45, 7) is 0.776. The minimum atomic E-state index is -1.02. The number of carboxylic acids is 1. The Hall–Kier alpha value is -0.860. The molecule has 0 aliphatic carbocycles. The highest BCUT2D eigenvalue weighted by molar-refractivity contribution is 14.1. The summed E-state index contributed by atoms with van der Waals surface area (Å²) in [5.41, 5.74) is 0.138. The predicted octanol–water partition coefficient (Wildman–Crippen LogP) is 1.38. The molecule has 0 aliphatic rings. The maximum Gasteiger partial charge on any atom is 0.339 e. The molecule has 2 N–H and O–H groups in total. The van der Waals surface area contributed by atoms with Gasteiger partial charge in [0.15, 0.2) is 0 Å². The van der Waals surface area contributed by atoms with E-state index in [-0.39, 0.29) is 25.4 Å². The van der Waals surface area contributed by atoms with E-state index < -0.39 is 5.97 Å². The standard InChI is InChI=1S/C11H13IO5/c12-8-1-2-10(9(7-8)11(14)15)17-6-5-16-4-3-13/h1-2,7,13H,3-6H2,(H,14,15). The average Bonchev–Trinajstić information content (AvgIpc) is 2.30. The number of carboxylic acid groups (broad SMARTS) is 1. The van der Waals surface area contributed by atoms with Gasteiger partial charge in [-0.15, -0.1) is 0 Å². The van der Waals surface area contributed by atoms with E-state index in [1.165, 1.54) is 0 Å². The van der Waals surface area contributed by atoms with E-state index >= 15 is 0 Å². The average molecular weight is 352 g/mol. The van der Waals surface area contributed by atoms with Gasteiger partial charge in [0.25, 0.3) is 0 Å². The highest BCUT2D eigenvalue weighted by atomic mass is 127. The van der Waals surface area contributed by atoms with Crippen molar-refractivity contribution in [2.24, 2.45) is 0 Å². The van der Waals surface area contributed by atoms with Crippen LogP contribution in [-0.4, -0.2) is 42.6 Å². The van der Waals surface area contributed by atoms with E-state index in [2.05, 4.69) is 0 Å². The molecule has 1 aromatic carbocycles. The first-order valence-corrected chi connectivity index (χ1v) is 6.07. The third-order valence-corrected chi connectivity index (χ3v) is 2.56. The number of aliphatic hydroxyl groups excluding tert-OH is 1. The Morgan fingerprint density at radius 3 is 2.71 bits per heavy atom. The van der Waals surface area contributed by atoms with Crippen LogP contribution in [0.1, 0.15) is 10.4 Å². The SMILES string of the molecule is O=C(O)c1cc(I)ccc1OCCOCCO. The number of ether oxygens (including phenoxy) is 2. The Morgan fingerprint density at radius 1 is 1.29 bits per heavy atom. The van der Waals surface area contributed by atoms with E-state index in [4.69, 9.17) is 19.7 Å². The molecule has 94 valence electrons. The Labute approximate surface area is 112 Å². The first-order valence-electron chi connectivity index (χ1n) is 4.99. The molecule has 6 heteroatoms. The van der Waals surface area contributed by atoms with Crippen molar-refractivity contribution in [3.8, 4) is 5.75 Å². The molecule has 0 fully saturated rings. The summed E-state index contributed by atoms with van der Waals surface area (Å²) in [6, 6.07) is 4.95. The number of aliphatic hydroxyl groups is 1. The molecule has 17 heavy (non-hydrogen) atoms. The van der Waals surface area contributed by atoms with Crippen molar-refractivity contribution in [3.05, 3.63) is 27.3 Å². The molecule has 1 aromatic rings. The lowest BCUT2D eigenvalue weighted by atomic mass is 10.2. The van der Waals surface area contributed by atoms with Gasteiger partial charge in [-0.05, 0) is 40.8 Å². The number of hydrogen-bond acceptors (Lipinski definition) is 4. The number of benzene rings is 1. The Kier molecular flexibility index (Phi) is 6.23. The molecule has 0 radical (unpaired) electrons. The van der Waals surface area contributed by atoms with Crippen molar-refractivity contribution >= 4 is 28.6 Å². The zero-order valence-electron chi connectivity index (χ0n) is 9.06. The van der Waals surface area contributed by atoms with E-state index in [0.717, 1.165) is 3.57 Å². The third-order valence-electron chi connectivity index (χ3n) is 1.89. The molecule has 0 spiro atoms. The van der Waals surface area contributed by atoms with Gasteiger partial charge in [-0.25, -0.2) is 4.79 Å². The molecule has 0 aliphatic heterocycles. The number of hydrogen-bond donors (Lipinski definition) is 2. The van der Waals surface area contributed by atoms with Crippen molar-refractivity contribution in [1.82, 2.24) is 0 Å². The van der Waals surface area contributed by atoms with Crippen LogP contribution in [0.5, 0.6) is 5.75 Å². The fourth-order valence-electron chi connectivity index (χ4n) is 1.17. The second-order valence-corrected chi connectivity index (χ2v) is 4.38. The third kappa shape index (κ3) is 4.88. The predicted molar refractivity (Wildman–Crippen MR) is 69.5 cm³/mol. The van der Waals surface area contributed by atoms with Gasteiger partial charge in [-0.3, -0.25) is 0 Å². The highest BCUT2D eigenvalue weighted by Crippen LogP contribution is 2.21. The van der Waals surface area contributed by atoms with Crippen molar-refractivity contribution in [2.45, 2.75) is 0 Å². The van der Waals surface area contributed by atoms with Gasteiger partial charge in [-0.1, -0.05) is 0 Å². The highest BCUT2D eigenvalue weighted by Gasteiger charge is 2.11. The molecule has 0 unspecified atom stereocenters. The zero-order valence-corrected chi connectivity index (χ0v) is 11.2. The van der Waals surface area contributed by atoms with Gasteiger partial charge in [0.1, 0.15) is 17.9 Å². The summed E-state index contributed by atoms with van der Waals surface area (Å²) < 4.78 is 11.2. The van der Waals surface area contributed by atoms with Gasteiger partial charge in [-0.2, -0.15) is 0 Å². The van der Waals surface area contributed by atoms with Crippen molar-refractivity contribution in [2.75, 3.05) is 26.4 Å². The molecule has 0 atom stereocenters. The zero-order chi connectivity index (χ0) is 12.7. The smallest absolute Gasteiger partial charge is 0.339 e. The molecule has 0 saturated heterocycles. The minimum absolute atomic E-state index is 0.0378. The fourth-order valence-corrected chi connectivity index (χ4v) is 1.66. The first-order chi connectivity index (χ1) is 8.15. The summed E-state index contributed by atoms with van der Waals surface area (Å²) in [7, 11) is 0. The monoisotopic (exact) mass is 352 g/mol. The topological polar surface area (TPSA) is 76.0 Å². The van der Waals surface area contributed by atoms with Crippen LogP contribution in [-0.2, 0) is 4.74 Å². The molecule has 0 heterocycles. The lowest BCUT2D eigenvalue weighted by Gasteiger charge is -2.09. The van der Waals surface area contributed by atoms with Crippen LogP contribution in [0.2, 0.25) is 0 Å². The lowest BCUT2D eigenvalue weighted by Crippen LogP contribution is -2.11. The summed E-state index contributed by atoms with van der Waals surface area (Å²) in [5, 5.41) is 17.5. The van der Waals surface area contributed by atoms with Gasteiger partial charge in [0.2, 0.25) is 0 Å². The molecule has 5 nitrogen and oxygen atoms in total. The number of halogens is 1. The van der Waals surface area contributed by atoms with Crippen LogP contribution in [0.15, 0.2) is 18.2 Å². The van der Waals surface area contributed by atoms with Crippen LogP contribution in [0, 0.1) is 3.57 Å². The molecule has 0 bridgehead atoms. The van der Waals surface area contributed by atoms with Crippen molar-refractivity contribution in [3.63, 3.8) is 0 Å². The first kappa shape index (κ1) is 14.2. The maximum atomic E-state index is 11.0. The maximum absolute atomic E-state index is 11.0. The molecule has 1 rings (SSSR count). The number of rotatable bonds is 7. The van der Waals surface area contributed by atoms with E-state index in [1.807, 2.05) is 22.6 Å². The van der Waals surface area contributed by atoms with Crippen LogP contribution < -0.4 is 4.74 Å². The molecular weight excluding hydrogens is 339 g/mol. The molecule has 0 amide bonds. The molecule has 0 aromatic heterocycles. The van der Waals surface area contributed by atoms with Crippen molar-refractivity contribution in [1.29, 1.82) is 0 Å². The molecular formula is C11H13IO5. The Morgan fingerprint density at radius 2 is 2.06 bits per heavy atom. The molecule has 0 saturated carbocycles. The Balaban J connectivity index is 2.55. The summed E-state index contributed by atoms with van der Waals surface area (Å²) in [4.78, 5) is 11.0. The summed E-state index contributed by atoms with van der Waals surface area (Å²) >= 11 is 2.04.